The van der Waals surface area contributed by atoms with Crippen LogP contribution in [-0.2, 0) is 9.59 Å². The van der Waals surface area contributed by atoms with Crippen LogP contribution in [0.4, 0.5) is 0 Å². The van der Waals surface area contributed by atoms with Crippen molar-refractivity contribution in [1.29, 1.82) is 0 Å². The van der Waals surface area contributed by atoms with E-state index in [0.29, 0.717) is 13.1 Å². The van der Waals surface area contributed by atoms with Gasteiger partial charge in [0, 0.05) is 36.0 Å². The Labute approximate surface area is 157 Å². The van der Waals surface area contributed by atoms with Gasteiger partial charge in [-0.25, -0.2) is 0 Å². The average molecular weight is 369 g/mol. The molecule has 1 aliphatic carbocycles. The number of likely N-dealkylation sites (tertiary alicyclic amines) is 1. The summed E-state index contributed by atoms with van der Waals surface area (Å²) in [5.74, 6) is 0.568. The lowest BCUT2D eigenvalue weighted by molar-refractivity contribution is -0.136. The zero-order valence-electron chi connectivity index (χ0n) is 14.6. The molecule has 1 N–H and O–H groups in total. The van der Waals surface area contributed by atoms with Gasteiger partial charge in [0.25, 0.3) is 0 Å². The van der Waals surface area contributed by atoms with Crippen molar-refractivity contribution in [3.63, 3.8) is 0 Å². The molecule has 4 rings (SSSR count). The molecule has 3 heterocycles. The monoisotopic (exact) mass is 369 g/mol. The molecular formula is C20H23N3O2S. The van der Waals surface area contributed by atoms with E-state index >= 15 is 0 Å². The number of carbonyl (C=O) groups is 2. The fourth-order valence-corrected chi connectivity index (χ4v) is 4.29. The predicted octanol–water partition coefficient (Wildman–Crippen LogP) is 3.00. The molecule has 136 valence electrons. The molecule has 1 atom stereocenters. The lowest BCUT2D eigenvalue weighted by atomic mass is 9.95. The molecule has 6 heteroatoms. The number of hydrogen-bond donors (Lipinski definition) is 1. The number of pyridine rings is 1. The van der Waals surface area contributed by atoms with Gasteiger partial charge in [-0.15, -0.1) is 11.3 Å². The molecule has 0 spiro atoms. The second-order valence-corrected chi connectivity index (χ2v) is 8.06. The first kappa shape index (κ1) is 17.2. The highest BCUT2D eigenvalue weighted by molar-refractivity contribution is 7.10. The molecule has 2 fully saturated rings. The van der Waals surface area contributed by atoms with Gasteiger partial charge in [-0.1, -0.05) is 12.1 Å². The molecule has 1 saturated carbocycles. The Bertz CT molecular complexity index is 751. The number of carbonyl (C=O) groups excluding carboxylic acids is 2. The van der Waals surface area contributed by atoms with Gasteiger partial charge in [0.15, 0.2) is 0 Å². The van der Waals surface area contributed by atoms with Crippen LogP contribution in [0, 0.1) is 11.8 Å². The van der Waals surface area contributed by atoms with Crippen LogP contribution >= 0.6 is 11.3 Å². The van der Waals surface area contributed by atoms with Gasteiger partial charge < -0.3 is 10.2 Å². The van der Waals surface area contributed by atoms with Crippen molar-refractivity contribution in [3.05, 3.63) is 52.5 Å². The van der Waals surface area contributed by atoms with Crippen LogP contribution in [-0.4, -0.2) is 34.8 Å². The highest BCUT2D eigenvalue weighted by atomic mass is 32.1. The summed E-state index contributed by atoms with van der Waals surface area (Å²) in [4.78, 5) is 32.5. The summed E-state index contributed by atoms with van der Waals surface area (Å²) < 4.78 is 0. The molecular weight excluding hydrogens is 346 g/mol. The van der Waals surface area contributed by atoms with E-state index in [1.54, 1.807) is 17.5 Å². The third-order valence-electron chi connectivity index (χ3n) is 5.20. The van der Waals surface area contributed by atoms with E-state index in [1.165, 1.54) is 0 Å². The number of aromatic nitrogens is 1. The zero-order valence-corrected chi connectivity index (χ0v) is 15.5. The number of hydrogen-bond acceptors (Lipinski definition) is 4. The molecule has 0 bridgehead atoms. The molecule has 1 saturated heterocycles. The van der Waals surface area contributed by atoms with Gasteiger partial charge in [-0.2, -0.15) is 0 Å². The van der Waals surface area contributed by atoms with Gasteiger partial charge in [0.1, 0.15) is 6.04 Å². The number of nitrogens with zero attached hydrogens (tertiary/aromatic N) is 2. The molecule has 0 aromatic carbocycles. The number of piperidine rings is 1. The van der Waals surface area contributed by atoms with Crippen LogP contribution in [0.1, 0.15) is 42.3 Å². The van der Waals surface area contributed by atoms with Crippen molar-refractivity contribution in [3.8, 4) is 0 Å². The van der Waals surface area contributed by atoms with Crippen LogP contribution in [0.3, 0.4) is 0 Å². The summed E-state index contributed by atoms with van der Waals surface area (Å²) in [5, 5.41) is 5.20. The van der Waals surface area contributed by atoms with E-state index in [-0.39, 0.29) is 29.7 Å². The smallest absolute Gasteiger partial charge is 0.225 e. The third kappa shape index (κ3) is 3.80. The maximum absolute atomic E-state index is 12.9. The normalized spacial score (nSPS) is 19.2. The molecule has 1 unspecified atom stereocenters. The van der Waals surface area contributed by atoms with E-state index in [1.807, 2.05) is 40.6 Å². The molecule has 2 amide bonds. The van der Waals surface area contributed by atoms with E-state index < -0.39 is 0 Å². The van der Waals surface area contributed by atoms with E-state index in [0.717, 1.165) is 36.3 Å². The summed E-state index contributed by atoms with van der Waals surface area (Å²) >= 11 is 1.62. The number of rotatable bonds is 5. The summed E-state index contributed by atoms with van der Waals surface area (Å²) in [7, 11) is 0. The van der Waals surface area contributed by atoms with Crippen molar-refractivity contribution < 1.29 is 9.59 Å². The summed E-state index contributed by atoms with van der Waals surface area (Å²) in [6.07, 6.45) is 5.30. The van der Waals surface area contributed by atoms with Crippen LogP contribution in [0.15, 0.2) is 41.9 Å². The summed E-state index contributed by atoms with van der Waals surface area (Å²) in [6.45, 7) is 1.39. The highest BCUT2D eigenvalue weighted by Crippen LogP contribution is 2.33. The summed E-state index contributed by atoms with van der Waals surface area (Å²) in [6, 6.07) is 9.57. The molecule has 0 radical (unpaired) electrons. The fourth-order valence-electron chi connectivity index (χ4n) is 3.50. The van der Waals surface area contributed by atoms with Crippen LogP contribution in [0.5, 0.6) is 0 Å². The third-order valence-corrected chi connectivity index (χ3v) is 6.14. The summed E-state index contributed by atoms with van der Waals surface area (Å²) in [5.41, 5.74) is 0.852. The Hall–Kier alpha value is -2.21. The minimum atomic E-state index is -0.213. The second kappa shape index (κ2) is 7.58. The Morgan fingerprint density at radius 3 is 2.50 bits per heavy atom. The first-order valence-corrected chi connectivity index (χ1v) is 10.1. The Kier molecular flexibility index (Phi) is 5.02. The van der Waals surface area contributed by atoms with Crippen molar-refractivity contribution in [2.24, 2.45) is 11.8 Å². The minimum Gasteiger partial charge on any atom is -0.343 e. The predicted molar refractivity (Wildman–Crippen MR) is 101 cm³/mol. The maximum atomic E-state index is 12.9. The molecule has 26 heavy (non-hydrogen) atoms. The number of amides is 2. The Balaban J connectivity index is 1.40. The van der Waals surface area contributed by atoms with Crippen LogP contribution < -0.4 is 5.32 Å². The van der Waals surface area contributed by atoms with Crippen molar-refractivity contribution in [1.82, 2.24) is 15.2 Å². The Morgan fingerprint density at radius 2 is 1.88 bits per heavy atom. The van der Waals surface area contributed by atoms with Gasteiger partial charge in [0.2, 0.25) is 11.8 Å². The largest absolute Gasteiger partial charge is 0.343 e. The first-order valence-electron chi connectivity index (χ1n) is 9.26. The van der Waals surface area contributed by atoms with Gasteiger partial charge in [-0.05, 0) is 49.3 Å². The average Bonchev–Trinajstić information content (AvgIpc) is 3.41. The molecule has 2 aromatic rings. The first-order chi connectivity index (χ1) is 12.7. The quantitative estimate of drug-likeness (QED) is 0.881. The minimum absolute atomic E-state index is 0.0376. The van der Waals surface area contributed by atoms with E-state index in [9.17, 15) is 9.59 Å². The van der Waals surface area contributed by atoms with Gasteiger partial charge >= 0.3 is 0 Å². The number of nitrogens with one attached hydrogen (secondary N) is 1. The molecule has 5 nitrogen and oxygen atoms in total. The van der Waals surface area contributed by atoms with Crippen molar-refractivity contribution in [2.45, 2.75) is 31.7 Å². The van der Waals surface area contributed by atoms with E-state index in [2.05, 4.69) is 10.3 Å². The molecule has 1 aliphatic heterocycles. The SMILES string of the molecule is O=C(NC(c1ccccn1)c1cccs1)C1CCN(C(=O)C2CC2)CC1. The van der Waals surface area contributed by atoms with Crippen molar-refractivity contribution >= 4 is 23.2 Å². The molecule has 2 aromatic heterocycles. The topological polar surface area (TPSA) is 62.3 Å². The maximum Gasteiger partial charge on any atom is 0.225 e. The zero-order chi connectivity index (χ0) is 17.9. The van der Waals surface area contributed by atoms with Gasteiger partial charge in [0.05, 0.1) is 5.69 Å². The highest BCUT2D eigenvalue weighted by Gasteiger charge is 2.36. The van der Waals surface area contributed by atoms with Gasteiger partial charge in [-0.3, -0.25) is 14.6 Å². The standard InChI is InChI=1S/C20H23N3O2S/c24-19(14-8-11-23(12-9-14)20(25)15-6-7-15)22-18(17-5-3-13-26-17)16-4-1-2-10-21-16/h1-5,10,13-15,18H,6-9,11-12H2,(H,22,24). The van der Waals surface area contributed by atoms with Crippen molar-refractivity contribution in [2.75, 3.05) is 13.1 Å². The van der Waals surface area contributed by atoms with E-state index in [4.69, 9.17) is 0 Å². The number of thiophene rings is 1. The lowest BCUT2D eigenvalue weighted by Crippen LogP contribution is -2.44. The van der Waals surface area contributed by atoms with Crippen LogP contribution in [0.25, 0.3) is 0 Å². The lowest BCUT2D eigenvalue weighted by Gasteiger charge is -2.32. The second-order valence-electron chi connectivity index (χ2n) is 7.09. The van der Waals surface area contributed by atoms with Crippen LogP contribution in [0.2, 0.25) is 0 Å². The fraction of sp³-hybridized carbons (Fsp3) is 0.450. The Morgan fingerprint density at radius 1 is 1.08 bits per heavy atom. The molecule has 2 aliphatic rings.